The molecule has 0 spiro atoms. The molecule has 0 fully saturated rings. The predicted octanol–water partition coefficient (Wildman–Crippen LogP) is 2.55. The maximum absolute atomic E-state index is 11.9. The van der Waals surface area contributed by atoms with E-state index in [-0.39, 0.29) is 0 Å². The molecule has 1 atom stereocenters. The molecule has 0 aromatic rings. The van der Waals surface area contributed by atoms with Gasteiger partial charge in [0.25, 0.3) is 0 Å². The first kappa shape index (κ1) is 12.6. The summed E-state index contributed by atoms with van der Waals surface area (Å²) in [5, 5.41) is 8.73. The third kappa shape index (κ3) is 3.48. The van der Waals surface area contributed by atoms with Crippen molar-refractivity contribution in [2.45, 2.75) is 32.9 Å². The maximum atomic E-state index is 11.9. The lowest BCUT2D eigenvalue weighted by molar-refractivity contribution is 0.215. The highest BCUT2D eigenvalue weighted by atomic mass is 31.2. The Balaban J connectivity index is 4.56. The summed E-state index contributed by atoms with van der Waals surface area (Å²) in [5.74, 6) is 0. The van der Waals surface area contributed by atoms with Crippen molar-refractivity contribution in [3.05, 3.63) is 0 Å². The molecule has 13 heavy (non-hydrogen) atoms. The summed E-state index contributed by atoms with van der Waals surface area (Å²) in [7, 11) is -3.19. The fraction of sp³-hybridized carbons (Fsp3) is 0.875. The Morgan fingerprint density at radius 2 is 1.77 bits per heavy atom. The molecule has 4 nitrogen and oxygen atoms in total. The van der Waals surface area contributed by atoms with Gasteiger partial charge < -0.3 is 9.05 Å². The average Bonchev–Trinajstić information content (AvgIpc) is 2.07. The van der Waals surface area contributed by atoms with Crippen LogP contribution in [0.2, 0.25) is 0 Å². The van der Waals surface area contributed by atoms with Crippen molar-refractivity contribution < 1.29 is 13.6 Å². The average molecular weight is 205 g/mol. The summed E-state index contributed by atoms with van der Waals surface area (Å²) >= 11 is 0. The van der Waals surface area contributed by atoms with E-state index in [0.29, 0.717) is 19.6 Å². The highest BCUT2D eigenvalue weighted by Crippen LogP contribution is 2.53. The molecule has 0 amide bonds. The van der Waals surface area contributed by atoms with Crippen LogP contribution in [0.25, 0.3) is 0 Å². The minimum absolute atomic E-state index is 0.301. The Morgan fingerprint density at radius 1 is 1.31 bits per heavy atom. The highest BCUT2D eigenvalue weighted by molar-refractivity contribution is 7.55. The molecule has 0 aromatic heterocycles. The summed E-state index contributed by atoms with van der Waals surface area (Å²) in [5.41, 5.74) is -0.646. The van der Waals surface area contributed by atoms with E-state index < -0.39 is 13.3 Å². The topological polar surface area (TPSA) is 59.3 Å². The number of rotatable bonds is 6. The standard InChI is InChI=1S/C8H16NO3P/c1-4-8(7-9)13(10,11-5-2)12-6-3/h8H,4-6H2,1-3H3. The number of nitriles is 1. The molecule has 76 valence electrons. The van der Waals surface area contributed by atoms with E-state index in [1.165, 1.54) is 0 Å². The molecular formula is C8H16NO3P. The third-order valence-corrected chi connectivity index (χ3v) is 4.02. The third-order valence-electron chi connectivity index (χ3n) is 1.54. The zero-order chi connectivity index (χ0) is 10.3. The molecule has 0 N–H and O–H groups in total. The molecule has 0 radical (unpaired) electrons. The Bertz CT molecular complexity index is 214. The predicted molar refractivity (Wildman–Crippen MR) is 50.6 cm³/mol. The zero-order valence-electron chi connectivity index (χ0n) is 8.32. The summed E-state index contributed by atoms with van der Waals surface area (Å²) in [6, 6.07) is 1.95. The minimum Gasteiger partial charge on any atom is -0.308 e. The summed E-state index contributed by atoms with van der Waals surface area (Å²) in [6.45, 7) is 5.86. The first-order valence-corrected chi connectivity index (χ1v) is 6.04. The van der Waals surface area contributed by atoms with Crippen LogP contribution in [-0.4, -0.2) is 18.9 Å². The van der Waals surface area contributed by atoms with Crippen LogP contribution in [0.1, 0.15) is 27.2 Å². The summed E-state index contributed by atoms with van der Waals surface area (Å²) < 4.78 is 22.0. The molecule has 0 saturated carbocycles. The van der Waals surface area contributed by atoms with Crippen LogP contribution < -0.4 is 0 Å². The number of hydrogen-bond donors (Lipinski definition) is 0. The Morgan fingerprint density at radius 3 is 2.00 bits per heavy atom. The molecule has 0 aliphatic heterocycles. The van der Waals surface area contributed by atoms with Gasteiger partial charge in [-0.2, -0.15) is 5.26 Å². The van der Waals surface area contributed by atoms with Gasteiger partial charge in [0.2, 0.25) is 0 Å². The fourth-order valence-electron chi connectivity index (χ4n) is 0.963. The monoisotopic (exact) mass is 205 g/mol. The van der Waals surface area contributed by atoms with Gasteiger partial charge in [-0.25, -0.2) is 0 Å². The summed E-state index contributed by atoms with van der Waals surface area (Å²) in [6.07, 6.45) is 0.480. The van der Waals surface area contributed by atoms with Gasteiger partial charge in [0.1, 0.15) is 5.66 Å². The quantitative estimate of drug-likeness (QED) is 0.625. The lowest BCUT2D eigenvalue weighted by Gasteiger charge is -2.20. The summed E-state index contributed by atoms with van der Waals surface area (Å²) in [4.78, 5) is 0. The van der Waals surface area contributed by atoms with Crippen LogP contribution in [0, 0.1) is 11.3 Å². The molecule has 5 heteroatoms. The first-order valence-electron chi connectivity index (χ1n) is 4.43. The van der Waals surface area contributed by atoms with Crippen molar-refractivity contribution in [3.63, 3.8) is 0 Å². The van der Waals surface area contributed by atoms with Crippen molar-refractivity contribution in [1.82, 2.24) is 0 Å². The zero-order valence-corrected chi connectivity index (χ0v) is 9.21. The van der Waals surface area contributed by atoms with Gasteiger partial charge in [0.15, 0.2) is 0 Å². The lowest BCUT2D eigenvalue weighted by atomic mass is 10.4. The van der Waals surface area contributed by atoms with Crippen LogP contribution in [0.5, 0.6) is 0 Å². The Labute approximate surface area is 79.4 Å². The second kappa shape index (κ2) is 6.15. The SMILES string of the molecule is CCOP(=O)(OCC)C(C#N)CC. The smallest absolute Gasteiger partial charge is 0.308 e. The molecule has 0 saturated heterocycles. The maximum Gasteiger partial charge on any atom is 0.347 e. The van der Waals surface area contributed by atoms with Gasteiger partial charge in [0.05, 0.1) is 19.3 Å². The molecule has 0 bridgehead atoms. The van der Waals surface area contributed by atoms with E-state index in [2.05, 4.69) is 0 Å². The molecule has 0 rings (SSSR count). The first-order chi connectivity index (χ1) is 6.14. The second-order valence-electron chi connectivity index (χ2n) is 2.43. The van der Waals surface area contributed by atoms with Crippen molar-refractivity contribution in [2.75, 3.05) is 13.2 Å². The molecule has 0 aromatic carbocycles. The van der Waals surface area contributed by atoms with Crippen LogP contribution in [0.15, 0.2) is 0 Å². The van der Waals surface area contributed by atoms with E-state index in [1.54, 1.807) is 20.8 Å². The van der Waals surface area contributed by atoms with Crippen molar-refractivity contribution in [1.29, 1.82) is 5.26 Å². The van der Waals surface area contributed by atoms with Gasteiger partial charge >= 0.3 is 7.60 Å². The molecule has 0 aliphatic carbocycles. The van der Waals surface area contributed by atoms with Crippen LogP contribution >= 0.6 is 7.60 Å². The van der Waals surface area contributed by atoms with Crippen LogP contribution in [0.4, 0.5) is 0 Å². The van der Waals surface area contributed by atoms with Gasteiger partial charge in [0, 0.05) is 0 Å². The van der Waals surface area contributed by atoms with Gasteiger partial charge in [-0.1, -0.05) is 6.92 Å². The minimum atomic E-state index is -3.19. The highest BCUT2D eigenvalue weighted by Gasteiger charge is 2.34. The molecule has 0 aliphatic rings. The Hall–Kier alpha value is -0.360. The number of nitrogens with zero attached hydrogens (tertiary/aromatic N) is 1. The molecule has 0 heterocycles. The largest absolute Gasteiger partial charge is 0.347 e. The number of hydrogen-bond acceptors (Lipinski definition) is 4. The van der Waals surface area contributed by atoms with Gasteiger partial charge in [-0.05, 0) is 20.3 Å². The van der Waals surface area contributed by atoms with Crippen LogP contribution in [-0.2, 0) is 13.6 Å². The lowest BCUT2D eigenvalue weighted by Crippen LogP contribution is -2.10. The fourth-order valence-corrected chi connectivity index (χ4v) is 2.71. The van der Waals surface area contributed by atoms with Crippen molar-refractivity contribution >= 4 is 7.60 Å². The molecule has 1 unspecified atom stereocenters. The van der Waals surface area contributed by atoms with E-state index in [1.807, 2.05) is 6.07 Å². The normalized spacial score (nSPS) is 13.7. The molecular weight excluding hydrogens is 189 g/mol. The van der Waals surface area contributed by atoms with Crippen LogP contribution in [0.3, 0.4) is 0 Å². The van der Waals surface area contributed by atoms with Gasteiger partial charge in [-0.3, -0.25) is 4.57 Å². The second-order valence-corrected chi connectivity index (χ2v) is 4.65. The van der Waals surface area contributed by atoms with E-state index in [0.717, 1.165) is 0 Å². The van der Waals surface area contributed by atoms with Crippen molar-refractivity contribution in [3.8, 4) is 6.07 Å². The van der Waals surface area contributed by atoms with E-state index >= 15 is 0 Å². The van der Waals surface area contributed by atoms with Gasteiger partial charge in [-0.15, -0.1) is 0 Å². The van der Waals surface area contributed by atoms with Crippen molar-refractivity contribution in [2.24, 2.45) is 0 Å². The van der Waals surface area contributed by atoms with E-state index in [9.17, 15) is 4.57 Å². The van der Waals surface area contributed by atoms with E-state index in [4.69, 9.17) is 14.3 Å². The Kier molecular flexibility index (Phi) is 5.98.